The highest BCUT2D eigenvalue weighted by Gasteiger charge is 2.67. The van der Waals surface area contributed by atoms with Gasteiger partial charge in [0, 0.05) is 24.5 Å². The minimum absolute atomic E-state index is 0.00908. The van der Waals surface area contributed by atoms with E-state index in [1.165, 1.54) is 5.57 Å². The van der Waals surface area contributed by atoms with Crippen molar-refractivity contribution in [2.24, 2.45) is 22.7 Å². The van der Waals surface area contributed by atoms with Gasteiger partial charge >= 0.3 is 0 Å². The van der Waals surface area contributed by atoms with Crippen LogP contribution in [0.2, 0.25) is 0 Å². The molecule has 6 nitrogen and oxygen atoms in total. The summed E-state index contributed by atoms with van der Waals surface area (Å²) < 4.78 is 17.7. The molecule has 0 amide bonds. The Hall–Kier alpha value is -1.18. The van der Waals surface area contributed by atoms with Crippen LogP contribution in [0.1, 0.15) is 83.1 Å². The summed E-state index contributed by atoms with van der Waals surface area (Å²) in [5.74, 6) is 0.693. The molecule has 5 rings (SSSR count). The molecule has 1 aromatic heterocycles. The highest BCUT2D eigenvalue weighted by Crippen LogP contribution is 2.67. The normalized spacial score (nSPS) is 41.6. The molecule has 0 radical (unpaired) electrons. The molecule has 3 saturated carbocycles. The third-order valence-electron chi connectivity index (χ3n) is 10.5. The van der Waals surface area contributed by atoms with Crippen LogP contribution in [0.15, 0.2) is 34.7 Å². The third-order valence-corrected chi connectivity index (χ3v) is 10.5. The van der Waals surface area contributed by atoms with Crippen LogP contribution in [-0.2, 0) is 9.47 Å². The van der Waals surface area contributed by atoms with Crippen molar-refractivity contribution < 1.29 is 29.2 Å². The SMILES string of the molecule is C[C@]12CC[C@H](OCCCO)C=C1CC[C@@H]1[C@@H]2CC[C@]2(C)[C@H](OCC(CO)c3ccoc3)CC[C@]12O. The van der Waals surface area contributed by atoms with Crippen molar-refractivity contribution in [3.05, 3.63) is 35.8 Å². The van der Waals surface area contributed by atoms with Gasteiger partial charge in [0.25, 0.3) is 0 Å². The number of furan rings is 1. The van der Waals surface area contributed by atoms with E-state index in [0.29, 0.717) is 31.5 Å². The molecule has 4 aliphatic carbocycles. The second-order valence-corrected chi connectivity index (χ2v) is 12.1. The van der Waals surface area contributed by atoms with Gasteiger partial charge in [-0.1, -0.05) is 25.5 Å². The van der Waals surface area contributed by atoms with Crippen LogP contribution in [0.3, 0.4) is 0 Å². The van der Waals surface area contributed by atoms with Crippen LogP contribution in [0.5, 0.6) is 0 Å². The number of allylic oxidation sites excluding steroid dienone is 1. The van der Waals surface area contributed by atoms with E-state index in [1.807, 2.05) is 6.07 Å². The molecule has 8 atom stereocenters. The molecule has 4 aliphatic rings. The van der Waals surface area contributed by atoms with Crippen molar-refractivity contribution in [2.45, 2.75) is 95.4 Å². The summed E-state index contributed by atoms with van der Waals surface area (Å²) in [6, 6.07) is 1.89. The predicted octanol–water partition coefficient (Wildman–Crippen LogP) is 4.59. The van der Waals surface area contributed by atoms with E-state index in [1.54, 1.807) is 12.5 Å². The summed E-state index contributed by atoms with van der Waals surface area (Å²) in [4.78, 5) is 0. The summed E-state index contributed by atoms with van der Waals surface area (Å²) >= 11 is 0. The Morgan fingerprint density at radius 3 is 2.66 bits per heavy atom. The van der Waals surface area contributed by atoms with Gasteiger partial charge in [0.15, 0.2) is 0 Å². The highest BCUT2D eigenvalue weighted by atomic mass is 16.5. The molecular formula is C29H44O6. The van der Waals surface area contributed by atoms with Crippen molar-refractivity contribution in [3.63, 3.8) is 0 Å². The van der Waals surface area contributed by atoms with Gasteiger partial charge in [0.1, 0.15) is 0 Å². The molecule has 0 aliphatic heterocycles. The van der Waals surface area contributed by atoms with Gasteiger partial charge in [0.05, 0.1) is 43.5 Å². The molecule has 0 bridgehead atoms. The van der Waals surface area contributed by atoms with Gasteiger partial charge in [-0.2, -0.15) is 0 Å². The number of aliphatic hydroxyl groups is 3. The summed E-state index contributed by atoms with van der Waals surface area (Å²) in [5.41, 5.74) is 1.67. The van der Waals surface area contributed by atoms with Gasteiger partial charge in [-0.3, -0.25) is 0 Å². The molecule has 0 spiro atoms. The number of hydrogen-bond acceptors (Lipinski definition) is 6. The van der Waals surface area contributed by atoms with Crippen molar-refractivity contribution in [3.8, 4) is 0 Å². The van der Waals surface area contributed by atoms with Gasteiger partial charge in [-0.15, -0.1) is 0 Å². The van der Waals surface area contributed by atoms with Crippen LogP contribution in [0.4, 0.5) is 0 Å². The first kappa shape index (κ1) is 25.5. The maximum Gasteiger partial charge on any atom is 0.0939 e. The monoisotopic (exact) mass is 488 g/mol. The molecule has 3 N–H and O–H groups in total. The van der Waals surface area contributed by atoms with E-state index in [2.05, 4.69) is 19.9 Å². The molecule has 1 unspecified atom stereocenters. The summed E-state index contributed by atoms with van der Waals surface area (Å²) in [6.45, 7) is 5.96. The van der Waals surface area contributed by atoms with Crippen LogP contribution in [0, 0.1) is 22.7 Å². The molecule has 35 heavy (non-hydrogen) atoms. The Balaban J connectivity index is 1.29. The molecule has 1 aromatic rings. The Morgan fingerprint density at radius 2 is 1.91 bits per heavy atom. The van der Waals surface area contributed by atoms with Gasteiger partial charge < -0.3 is 29.2 Å². The Labute approximate surface area is 209 Å². The predicted molar refractivity (Wildman–Crippen MR) is 133 cm³/mol. The van der Waals surface area contributed by atoms with E-state index in [0.717, 1.165) is 56.9 Å². The van der Waals surface area contributed by atoms with E-state index in [-0.39, 0.29) is 42.2 Å². The zero-order chi connectivity index (χ0) is 24.7. The fourth-order valence-electron chi connectivity index (χ4n) is 8.31. The fourth-order valence-corrected chi connectivity index (χ4v) is 8.31. The standard InChI is InChI=1S/C29H44O6/c1-27-10-6-23(34-14-3-13-30)16-22(27)4-5-25-24(27)7-11-28(2)26(8-12-29(25,28)32)35-19-21(17-31)20-9-15-33-18-20/h9,15-16,18,21,23-26,30-32H,3-8,10-14,17,19H2,1-2H3/t21?,23-,24-,25+,26+,27-,28+,29-/m0/s1. The van der Waals surface area contributed by atoms with Gasteiger partial charge in [-0.05, 0) is 86.7 Å². The Morgan fingerprint density at radius 1 is 1.06 bits per heavy atom. The van der Waals surface area contributed by atoms with Crippen LogP contribution >= 0.6 is 0 Å². The Kier molecular flexibility index (Phi) is 7.23. The number of rotatable bonds is 9. The van der Waals surface area contributed by atoms with Crippen LogP contribution in [0.25, 0.3) is 0 Å². The maximum absolute atomic E-state index is 12.3. The number of aliphatic hydroxyl groups excluding tert-OH is 2. The topological polar surface area (TPSA) is 92.3 Å². The fraction of sp³-hybridized carbons (Fsp3) is 0.793. The van der Waals surface area contributed by atoms with Crippen molar-refractivity contribution in [2.75, 3.05) is 26.4 Å². The smallest absolute Gasteiger partial charge is 0.0939 e. The van der Waals surface area contributed by atoms with Crippen LogP contribution in [-0.4, -0.2) is 59.6 Å². The third kappa shape index (κ3) is 4.23. The number of fused-ring (bicyclic) bond motifs is 5. The zero-order valence-electron chi connectivity index (χ0n) is 21.5. The quantitative estimate of drug-likeness (QED) is 0.348. The molecule has 6 heteroatoms. The largest absolute Gasteiger partial charge is 0.472 e. The summed E-state index contributed by atoms with van der Waals surface area (Å²) in [7, 11) is 0. The first-order chi connectivity index (χ1) is 16.9. The molecule has 196 valence electrons. The van der Waals surface area contributed by atoms with Crippen molar-refractivity contribution in [1.29, 1.82) is 0 Å². The van der Waals surface area contributed by atoms with E-state index < -0.39 is 5.60 Å². The Bertz CT molecular complexity index is 882. The molecule has 1 heterocycles. The lowest BCUT2D eigenvalue weighted by Gasteiger charge is -2.61. The molecule has 0 saturated heterocycles. The van der Waals surface area contributed by atoms with E-state index in [4.69, 9.17) is 19.0 Å². The lowest BCUT2D eigenvalue weighted by atomic mass is 9.46. The van der Waals surface area contributed by atoms with Crippen LogP contribution < -0.4 is 0 Å². The number of hydrogen-bond donors (Lipinski definition) is 3. The van der Waals surface area contributed by atoms with E-state index >= 15 is 0 Å². The second-order valence-electron chi connectivity index (χ2n) is 12.1. The summed E-state index contributed by atoms with van der Waals surface area (Å²) in [5, 5.41) is 31.3. The van der Waals surface area contributed by atoms with Crippen molar-refractivity contribution >= 4 is 0 Å². The van der Waals surface area contributed by atoms with Crippen molar-refractivity contribution in [1.82, 2.24) is 0 Å². The minimum Gasteiger partial charge on any atom is -0.472 e. The molecule has 0 aromatic carbocycles. The first-order valence-corrected chi connectivity index (χ1v) is 13.8. The van der Waals surface area contributed by atoms with Gasteiger partial charge in [-0.25, -0.2) is 0 Å². The average molecular weight is 489 g/mol. The molecular weight excluding hydrogens is 444 g/mol. The first-order valence-electron chi connectivity index (χ1n) is 13.8. The number of ether oxygens (including phenoxy) is 2. The lowest BCUT2D eigenvalue weighted by Crippen LogP contribution is -2.61. The second kappa shape index (κ2) is 9.94. The molecule has 3 fully saturated rings. The average Bonchev–Trinajstić information content (AvgIpc) is 3.47. The van der Waals surface area contributed by atoms with Gasteiger partial charge in [0.2, 0.25) is 0 Å². The highest BCUT2D eigenvalue weighted by molar-refractivity contribution is 5.28. The summed E-state index contributed by atoms with van der Waals surface area (Å²) in [6.07, 6.45) is 14.5. The minimum atomic E-state index is -0.700. The lowest BCUT2D eigenvalue weighted by molar-refractivity contribution is -0.201. The zero-order valence-corrected chi connectivity index (χ0v) is 21.5. The maximum atomic E-state index is 12.3. The van der Waals surface area contributed by atoms with E-state index in [9.17, 15) is 10.2 Å².